The van der Waals surface area contributed by atoms with E-state index >= 15 is 0 Å². The van der Waals surface area contributed by atoms with Gasteiger partial charge in [0.05, 0.1) is 11.4 Å². The normalized spacial score (nSPS) is 14.5. The van der Waals surface area contributed by atoms with Crippen LogP contribution in [0.1, 0.15) is 16.7 Å². The Balaban J connectivity index is 1.68. The number of ether oxygens (including phenoxy) is 1. The maximum atomic E-state index is 6.23. The second-order valence-electron chi connectivity index (χ2n) is 7.27. The molecule has 31 heavy (non-hydrogen) atoms. The smallest absolute Gasteiger partial charge is 0.135 e. The Morgan fingerprint density at radius 1 is 0.645 bits per heavy atom. The number of allylic oxidation sites excluding steroid dienone is 3. The average molecular weight is 399 g/mol. The number of para-hydroxylation sites is 2. The first-order valence-corrected chi connectivity index (χ1v) is 10.3. The summed E-state index contributed by atoms with van der Waals surface area (Å²) in [5, 5.41) is 0. The highest BCUT2D eigenvalue weighted by molar-refractivity contribution is 6.15. The van der Waals surface area contributed by atoms with Crippen molar-refractivity contribution < 1.29 is 4.74 Å². The molecule has 0 aliphatic carbocycles. The lowest BCUT2D eigenvalue weighted by molar-refractivity contribution is 0.509. The van der Waals surface area contributed by atoms with E-state index < -0.39 is 0 Å². The summed E-state index contributed by atoms with van der Waals surface area (Å²) in [7, 11) is 0. The fourth-order valence-electron chi connectivity index (χ4n) is 3.60. The fourth-order valence-corrected chi connectivity index (χ4v) is 3.60. The lowest BCUT2D eigenvalue weighted by atomic mass is 9.96. The second kappa shape index (κ2) is 8.68. The molecular weight excluding hydrogens is 378 g/mol. The summed E-state index contributed by atoms with van der Waals surface area (Å²) in [5.41, 5.74) is 6.06. The number of benzene rings is 4. The molecule has 148 valence electrons. The van der Waals surface area contributed by atoms with Crippen molar-refractivity contribution in [3.8, 4) is 5.75 Å². The van der Waals surface area contributed by atoms with E-state index in [9.17, 15) is 0 Å². The molecule has 0 amide bonds. The third kappa shape index (κ3) is 4.24. The van der Waals surface area contributed by atoms with Crippen LogP contribution in [0.4, 0.5) is 5.69 Å². The molecule has 2 heteroatoms. The third-order valence-electron chi connectivity index (χ3n) is 5.13. The summed E-state index contributed by atoms with van der Waals surface area (Å²) in [5.74, 6) is 1.68. The fraction of sp³-hybridized carbons (Fsp3) is 0. The quantitative estimate of drug-likeness (QED) is 0.329. The Morgan fingerprint density at radius 2 is 1.26 bits per heavy atom. The van der Waals surface area contributed by atoms with Crippen molar-refractivity contribution in [1.29, 1.82) is 0 Å². The van der Waals surface area contributed by atoms with Gasteiger partial charge in [0.15, 0.2) is 0 Å². The minimum absolute atomic E-state index is 0.831. The van der Waals surface area contributed by atoms with Gasteiger partial charge in [-0.15, -0.1) is 0 Å². The van der Waals surface area contributed by atoms with E-state index in [0.29, 0.717) is 0 Å². The molecule has 0 saturated carbocycles. The van der Waals surface area contributed by atoms with Crippen molar-refractivity contribution in [2.45, 2.75) is 0 Å². The summed E-state index contributed by atoms with van der Waals surface area (Å²) in [6, 6.07) is 38.6. The molecule has 0 fully saturated rings. The zero-order valence-electron chi connectivity index (χ0n) is 17.0. The van der Waals surface area contributed by atoms with E-state index in [1.165, 1.54) is 0 Å². The van der Waals surface area contributed by atoms with Gasteiger partial charge in [-0.25, -0.2) is 4.99 Å². The van der Waals surface area contributed by atoms with Crippen LogP contribution in [-0.2, 0) is 0 Å². The van der Waals surface area contributed by atoms with Crippen LogP contribution in [0.15, 0.2) is 132 Å². The molecule has 0 unspecified atom stereocenters. The van der Waals surface area contributed by atoms with Crippen LogP contribution in [0.3, 0.4) is 0 Å². The largest absolute Gasteiger partial charge is 0.456 e. The number of fused-ring (bicyclic) bond motifs is 1. The molecule has 0 saturated heterocycles. The molecule has 0 N–H and O–H groups in total. The Labute approximate surface area is 182 Å². The SMILES string of the molecule is C1=C(c2ccccc2)Oc2ccccc2C1=CC(=Nc1ccccc1)c1ccccc1. The number of aliphatic imine (C=N–C) groups is 1. The van der Waals surface area contributed by atoms with Crippen molar-refractivity contribution >= 4 is 22.7 Å². The Hall–Kier alpha value is -4.17. The summed E-state index contributed by atoms with van der Waals surface area (Å²) in [6.07, 6.45) is 4.24. The molecule has 1 aliphatic rings. The van der Waals surface area contributed by atoms with Gasteiger partial charge in [0, 0.05) is 16.7 Å². The highest BCUT2D eigenvalue weighted by atomic mass is 16.5. The van der Waals surface area contributed by atoms with Gasteiger partial charge in [-0.3, -0.25) is 0 Å². The molecule has 0 radical (unpaired) electrons. The Morgan fingerprint density at radius 3 is 2.00 bits per heavy atom. The predicted octanol–water partition coefficient (Wildman–Crippen LogP) is 7.32. The van der Waals surface area contributed by atoms with Gasteiger partial charge in [-0.1, -0.05) is 97.1 Å². The van der Waals surface area contributed by atoms with Gasteiger partial charge in [-0.05, 0) is 35.9 Å². The van der Waals surface area contributed by atoms with Crippen LogP contribution in [-0.4, -0.2) is 5.71 Å². The van der Waals surface area contributed by atoms with E-state index in [2.05, 4.69) is 42.5 Å². The maximum absolute atomic E-state index is 6.23. The number of hydrogen-bond acceptors (Lipinski definition) is 2. The monoisotopic (exact) mass is 399 g/mol. The van der Waals surface area contributed by atoms with Crippen molar-refractivity contribution in [3.05, 3.63) is 144 Å². The van der Waals surface area contributed by atoms with E-state index in [-0.39, 0.29) is 0 Å². The molecule has 0 spiro atoms. The molecule has 5 rings (SSSR count). The summed E-state index contributed by atoms with van der Waals surface area (Å²) < 4.78 is 6.23. The first-order chi connectivity index (χ1) is 15.4. The van der Waals surface area contributed by atoms with E-state index in [1.54, 1.807) is 0 Å². The first-order valence-electron chi connectivity index (χ1n) is 10.3. The van der Waals surface area contributed by atoms with E-state index in [4.69, 9.17) is 9.73 Å². The van der Waals surface area contributed by atoms with Crippen molar-refractivity contribution in [2.75, 3.05) is 0 Å². The molecule has 4 aromatic carbocycles. The molecule has 1 heterocycles. The predicted molar refractivity (Wildman–Crippen MR) is 129 cm³/mol. The van der Waals surface area contributed by atoms with Crippen molar-refractivity contribution in [2.24, 2.45) is 4.99 Å². The highest BCUT2D eigenvalue weighted by Crippen LogP contribution is 2.37. The van der Waals surface area contributed by atoms with Gasteiger partial charge in [-0.2, -0.15) is 0 Å². The number of hydrogen-bond donors (Lipinski definition) is 0. The van der Waals surface area contributed by atoms with Crippen LogP contribution in [0, 0.1) is 0 Å². The Bertz CT molecular complexity index is 1270. The molecule has 1 aliphatic heterocycles. The van der Waals surface area contributed by atoms with Crippen LogP contribution in [0.5, 0.6) is 5.75 Å². The first kappa shape index (κ1) is 18.8. The van der Waals surface area contributed by atoms with Crippen LogP contribution in [0.2, 0.25) is 0 Å². The highest BCUT2D eigenvalue weighted by Gasteiger charge is 2.18. The van der Waals surface area contributed by atoms with Gasteiger partial charge < -0.3 is 4.74 Å². The molecular formula is C29H21NO. The van der Waals surface area contributed by atoms with Crippen LogP contribution in [0.25, 0.3) is 11.3 Å². The maximum Gasteiger partial charge on any atom is 0.135 e. The van der Waals surface area contributed by atoms with Gasteiger partial charge in [0.2, 0.25) is 0 Å². The lowest BCUT2D eigenvalue weighted by Crippen LogP contribution is -2.05. The lowest BCUT2D eigenvalue weighted by Gasteiger charge is -2.21. The number of nitrogens with zero attached hydrogens (tertiary/aromatic N) is 1. The second-order valence-corrected chi connectivity index (χ2v) is 7.27. The zero-order valence-corrected chi connectivity index (χ0v) is 17.0. The van der Waals surface area contributed by atoms with Gasteiger partial charge in [0.25, 0.3) is 0 Å². The minimum atomic E-state index is 0.831. The topological polar surface area (TPSA) is 21.6 Å². The summed E-state index contributed by atoms with van der Waals surface area (Å²) in [6.45, 7) is 0. The molecule has 4 aromatic rings. The molecule has 0 bridgehead atoms. The van der Waals surface area contributed by atoms with Crippen LogP contribution >= 0.6 is 0 Å². The van der Waals surface area contributed by atoms with E-state index in [0.717, 1.165) is 45.2 Å². The van der Waals surface area contributed by atoms with Crippen molar-refractivity contribution in [3.63, 3.8) is 0 Å². The molecule has 0 atom stereocenters. The third-order valence-corrected chi connectivity index (χ3v) is 5.13. The summed E-state index contributed by atoms with van der Waals surface area (Å²) in [4.78, 5) is 4.96. The zero-order chi connectivity index (χ0) is 20.9. The summed E-state index contributed by atoms with van der Waals surface area (Å²) >= 11 is 0. The standard InChI is InChI=1S/C29H21NO/c1-4-12-22(13-5-1)27(30-25-16-8-3-9-17-25)20-24-21-29(23-14-6-2-7-15-23)31-28-19-11-10-18-26(24)28/h1-21H. The van der Waals surface area contributed by atoms with Crippen LogP contribution < -0.4 is 4.74 Å². The minimum Gasteiger partial charge on any atom is -0.456 e. The average Bonchev–Trinajstić information content (AvgIpc) is 2.85. The van der Waals surface area contributed by atoms with E-state index in [1.807, 2.05) is 84.9 Å². The van der Waals surface area contributed by atoms with Crippen molar-refractivity contribution in [1.82, 2.24) is 0 Å². The van der Waals surface area contributed by atoms with Gasteiger partial charge >= 0.3 is 0 Å². The molecule has 0 aromatic heterocycles. The molecule has 2 nitrogen and oxygen atoms in total. The number of rotatable bonds is 4. The Kier molecular flexibility index (Phi) is 5.27. The van der Waals surface area contributed by atoms with Gasteiger partial charge in [0.1, 0.15) is 11.5 Å².